The Morgan fingerprint density at radius 1 is 1.24 bits per heavy atom. The van der Waals surface area contributed by atoms with Gasteiger partial charge < -0.3 is 10.6 Å². The standard InChI is InChI=1S/C13H22N4O3S/c1-3-8-14-12-7-5-6-11(17-12)13(18)15-9-10-21(19,20)16-4-2/h5-7,16H,3-4,8-10H2,1-2H3,(H,14,17)(H,15,18). The number of nitrogens with zero attached hydrogens (tertiary/aromatic N) is 1. The van der Waals surface area contributed by atoms with Gasteiger partial charge in [-0.3, -0.25) is 4.79 Å². The van der Waals surface area contributed by atoms with E-state index in [2.05, 4.69) is 20.3 Å². The number of aromatic nitrogens is 1. The predicted molar refractivity (Wildman–Crippen MR) is 82.8 cm³/mol. The SMILES string of the molecule is CCCNc1cccc(C(=O)NCCS(=O)(=O)NCC)n1. The number of nitrogens with one attached hydrogen (secondary N) is 3. The largest absolute Gasteiger partial charge is 0.370 e. The summed E-state index contributed by atoms with van der Waals surface area (Å²) >= 11 is 0. The summed E-state index contributed by atoms with van der Waals surface area (Å²) in [7, 11) is -3.33. The van der Waals surface area contributed by atoms with Gasteiger partial charge in [0.15, 0.2) is 0 Å². The van der Waals surface area contributed by atoms with Gasteiger partial charge in [0, 0.05) is 19.6 Å². The monoisotopic (exact) mass is 314 g/mol. The first-order valence-corrected chi connectivity index (χ1v) is 8.60. The fraction of sp³-hybridized carbons (Fsp3) is 0.538. The van der Waals surface area contributed by atoms with Crippen LogP contribution in [0.3, 0.4) is 0 Å². The quantitative estimate of drug-likeness (QED) is 0.619. The zero-order chi connectivity index (χ0) is 15.7. The lowest BCUT2D eigenvalue weighted by atomic mass is 10.3. The number of hydrogen-bond donors (Lipinski definition) is 3. The highest BCUT2D eigenvalue weighted by atomic mass is 32.2. The highest BCUT2D eigenvalue weighted by molar-refractivity contribution is 7.89. The minimum absolute atomic E-state index is 0.0441. The van der Waals surface area contributed by atoms with E-state index in [1.54, 1.807) is 25.1 Å². The van der Waals surface area contributed by atoms with Crippen molar-refractivity contribution in [2.45, 2.75) is 20.3 Å². The summed E-state index contributed by atoms with van der Waals surface area (Å²) in [6.45, 7) is 4.90. The second-order valence-corrected chi connectivity index (χ2v) is 6.33. The molecule has 3 N–H and O–H groups in total. The molecule has 1 amide bonds. The summed E-state index contributed by atoms with van der Waals surface area (Å²) in [5, 5.41) is 5.64. The maximum absolute atomic E-state index is 11.9. The highest BCUT2D eigenvalue weighted by Crippen LogP contribution is 2.04. The molecule has 118 valence electrons. The number of amides is 1. The van der Waals surface area contributed by atoms with Gasteiger partial charge in [0.25, 0.3) is 5.91 Å². The van der Waals surface area contributed by atoms with Gasteiger partial charge in [0.2, 0.25) is 10.0 Å². The zero-order valence-corrected chi connectivity index (χ0v) is 13.2. The van der Waals surface area contributed by atoms with Crippen LogP contribution in [-0.4, -0.2) is 44.7 Å². The van der Waals surface area contributed by atoms with Crippen molar-refractivity contribution >= 4 is 21.7 Å². The Balaban J connectivity index is 2.52. The maximum Gasteiger partial charge on any atom is 0.269 e. The van der Waals surface area contributed by atoms with Gasteiger partial charge >= 0.3 is 0 Å². The smallest absolute Gasteiger partial charge is 0.269 e. The molecule has 0 bridgehead atoms. The van der Waals surface area contributed by atoms with Crippen LogP contribution in [0.1, 0.15) is 30.8 Å². The Morgan fingerprint density at radius 2 is 2.00 bits per heavy atom. The van der Waals surface area contributed by atoms with Gasteiger partial charge in [0.05, 0.1) is 5.75 Å². The fourth-order valence-electron chi connectivity index (χ4n) is 1.59. The number of sulfonamides is 1. The van der Waals surface area contributed by atoms with Crippen molar-refractivity contribution in [2.24, 2.45) is 0 Å². The summed E-state index contributed by atoms with van der Waals surface area (Å²) in [6.07, 6.45) is 0.959. The third-order valence-corrected chi connectivity index (χ3v) is 4.03. The molecule has 0 spiro atoms. The van der Waals surface area contributed by atoms with Gasteiger partial charge in [0.1, 0.15) is 11.5 Å². The molecular formula is C13H22N4O3S. The molecule has 21 heavy (non-hydrogen) atoms. The molecule has 0 aliphatic heterocycles. The topological polar surface area (TPSA) is 100 Å². The van der Waals surface area contributed by atoms with Gasteiger partial charge in [-0.1, -0.05) is 19.9 Å². The van der Waals surface area contributed by atoms with E-state index < -0.39 is 10.0 Å². The van der Waals surface area contributed by atoms with E-state index in [-0.39, 0.29) is 23.9 Å². The Kier molecular flexibility index (Phi) is 7.10. The Hall–Kier alpha value is -1.67. The minimum atomic E-state index is -3.33. The molecule has 0 saturated heterocycles. The van der Waals surface area contributed by atoms with Gasteiger partial charge in [-0.2, -0.15) is 0 Å². The third-order valence-electron chi connectivity index (χ3n) is 2.56. The van der Waals surface area contributed by atoms with Crippen LogP contribution in [0.2, 0.25) is 0 Å². The Labute approximate surface area is 125 Å². The number of pyridine rings is 1. The first-order valence-electron chi connectivity index (χ1n) is 6.95. The van der Waals surface area contributed by atoms with E-state index in [1.807, 2.05) is 6.92 Å². The average Bonchev–Trinajstić information content (AvgIpc) is 2.45. The molecule has 0 fully saturated rings. The van der Waals surface area contributed by atoms with Crippen LogP contribution in [0.25, 0.3) is 0 Å². The maximum atomic E-state index is 11.9. The molecule has 7 nitrogen and oxygen atoms in total. The molecular weight excluding hydrogens is 292 g/mol. The van der Waals surface area contributed by atoms with Crippen LogP contribution in [0.5, 0.6) is 0 Å². The molecule has 0 saturated carbocycles. The lowest BCUT2D eigenvalue weighted by Crippen LogP contribution is -2.34. The Bertz CT molecular complexity index is 560. The van der Waals surface area contributed by atoms with E-state index in [0.29, 0.717) is 12.4 Å². The second kappa shape index (κ2) is 8.58. The predicted octanol–water partition coefficient (Wildman–Crippen LogP) is 0.573. The van der Waals surface area contributed by atoms with E-state index in [9.17, 15) is 13.2 Å². The van der Waals surface area contributed by atoms with Crippen molar-refractivity contribution in [3.05, 3.63) is 23.9 Å². The molecule has 0 unspecified atom stereocenters. The van der Waals surface area contributed by atoms with Crippen LogP contribution in [0.4, 0.5) is 5.82 Å². The average molecular weight is 314 g/mol. The van der Waals surface area contributed by atoms with Crippen molar-refractivity contribution in [2.75, 3.05) is 30.7 Å². The lowest BCUT2D eigenvalue weighted by molar-refractivity contribution is 0.0951. The summed E-state index contributed by atoms with van der Waals surface area (Å²) in [6, 6.07) is 5.10. The van der Waals surface area contributed by atoms with Crippen LogP contribution >= 0.6 is 0 Å². The molecule has 1 heterocycles. The van der Waals surface area contributed by atoms with Crippen molar-refractivity contribution in [3.8, 4) is 0 Å². The lowest BCUT2D eigenvalue weighted by Gasteiger charge is -2.08. The van der Waals surface area contributed by atoms with Crippen molar-refractivity contribution in [1.82, 2.24) is 15.0 Å². The van der Waals surface area contributed by atoms with Crippen LogP contribution in [0, 0.1) is 0 Å². The van der Waals surface area contributed by atoms with E-state index in [0.717, 1.165) is 13.0 Å². The van der Waals surface area contributed by atoms with Crippen LogP contribution in [-0.2, 0) is 10.0 Å². The van der Waals surface area contributed by atoms with Gasteiger partial charge in [-0.25, -0.2) is 18.1 Å². The molecule has 0 aromatic carbocycles. The molecule has 1 aromatic rings. The van der Waals surface area contributed by atoms with Crippen molar-refractivity contribution in [3.63, 3.8) is 0 Å². The molecule has 1 aromatic heterocycles. The first kappa shape index (κ1) is 17.4. The van der Waals surface area contributed by atoms with Crippen molar-refractivity contribution in [1.29, 1.82) is 0 Å². The minimum Gasteiger partial charge on any atom is -0.370 e. The molecule has 0 aliphatic rings. The normalized spacial score (nSPS) is 11.1. The van der Waals surface area contributed by atoms with E-state index >= 15 is 0 Å². The van der Waals surface area contributed by atoms with E-state index in [1.165, 1.54) is 0 Å². The van der Waals surface area contributed by atoms with Gasteiger partial charge in [-0.15, -0.1) is 0 Å². The Morgan fingerprint density at radius 3 is 2.67 bits per heavy atom. The number of carbonyl (C=O) groups is 1. The molecule has 0 atom stereocenters. The molecule has 0 aliphatic carbocycles. The number of hydrogen-bond acceptors (Lipinski definition) is 5. The second-order valence-electron chi connectivity index (χ2n) is 4.41. The molecule has 8 heteroatoms. The summed E-state index contributed by atoms with van der Waals surface area (Å²) in [5.41, 5.74) is 0.261. The summed E-state index contributed by atoms with van der Waals surface area (Å²) < 4.78 is 25.2. The summed E-state index contributed by atoms with van der Waals surface area (Å²) in [4.78, 5) is 16.1. The molecule has 0 radical (unpaired) electrons. The number of carbonyl (C=O) groups excluding carboxylic acids is 1. The van der Waals surface area contributed by atoms with Crippen molar-refractivity contribution < 1.29 is 13.2 Å². The fourth-order valence-corrected chi connectivity index (χ4v) is 2.55. The highest BCUT2D eigenvalue weighted by Gasteiger charge is 2.11. The van der Waals surface area contributed by atoms with E-state index in [4.69, 9.17) is 0 Å². The van der Waals surface area contributed by atoms with Crippen LogP contribution < -0.4 is 15.4 Å². The number of anilines is 1. The zero-order valence-electron chi connectivity index (χ0n) is 12.3. The van der Waals surface area contributed by atoms with Crippen LogP contribution in [0.15, 0.2) is 18.2 Å². The molecule has 1 rings (SSSR count). The van der Waals surface area contributed by atoms with Gasteiger partial charge in [-0.05, 0) is 18.6 Å². The number of rotatable bonds is 9. The first-order chi connectivity index (χ1) is 9.98. The summed E-state index contributed by atoms with van der Waals surface area (Å²) in [5.74, 6) is 0.0898. The third kappa shape index (κ3) is 6.54.